The molecule has 1 rings (SSSR count). The summed E-state index contributed by atoms with van der Waals surface area (Å²) in [6, 6.07) is 7.87. The van der Waals surface area contributed by atoms with Gasteiger partial charge in [0.05, 0.1) is 0 Å². The molecule has 1 aromatic carbocycles. The fraction of sp³-hybridized carbons (Fsp3) is 0.500. The summed E-state index contributed by atoms with van der Waals surface area (Å²) in [6.07, 6.45) is -0.331. The summed E-state index contributed by atoms with van der Waals surface area (Å²) < 4.78 is 15.6. The summed E-state index contributed by atoms with van der Waals surface area (Å²) in [5.41, 5.74) is 1.10. The Labute approximate surface area is 96.7 Å². The lowest BCUT2D eigenvalue weighted by molar-refractivity contribution is -0.121. The predicted molar refractivity (Wildman–Crippen MR) is 64.1 cm³/mol. The first-order chi connectivity index (χ1) is 7.67. The number of ether oxygens (including phenoxy) is 3. The fourth-order valence-corrected chi connectivity index (χ4v) is 1.25. The van der Waals surface area contributed by atoms with Crippen molar-refractivity contribution in [2.75, 3.05) is 39.8 Å². The van der Waals surface area contributed by atoms with E-state index < -0.39 is 0 Å². The molecule has 1 aromatic rings. The Hall–Kier alpha value is -1.26. The first-order valence-corrected chi connectivity index (χ1v) is 5.13. The van der Waals surface area contributed by atoms with Crippen LogP contribution in [0.25, 0.3) is 0 Å². The first kappa shape index (κ1) is 12.8. The van der Waals surface area contributed by atoms with Crippen molar-refractivity contribution in [1.29, 1.82) is 0 Å². The zero-order chi connectivity index (χ0) is 12.0. The second-order valence-electron chi connectivity index (χ2n) is 3.60. The Kier molecular flexibility index (Phi) is 5.08. The zero-order valence-corrected chi connectivity index (χ0v) is 10.3. The van der Waals surface area contributed by atoms with E-state index >= 15 is 0 Å². The molecule has 0 aliphatic carbocycles. The number of hydrogen-bond donors (Lipinski definition) is 0. The minimum atomic E-state index is -0.331. The molecule has 0 fully saturated rings. The van der Waals surface area contributed by atoms with Crippen LogP contribution in [0, 0.1) is 0 Å². The summed E-state index contributed by atoms with van der Waals surface area (Å²) in [5, 5.41) is 0. The summed E-state index contributed by atoms with van der Waals surface area (Å²) in [4.78, 5) is 2.02. The van der Waals surface area contributed by atoms with Gasteiger partial charge in [0.2, 0.25) is 0 Å². The van der Waals surface area contributed by atoms with Crippen molar-refractivity contribution in [2.45, 2.75) is 6.29 Å². The molecule has 0 amide bonds. The van der Waals surface area contributed by atoms with Gasteiger partial charge < -0.3 is 19.1 Å². The molecule has 0 aliphatic heterocycles. The van der Waals surface area contributed by atoms with Crippen molar-refractivity contribution in [3.63, 3.8) is 0 Å². The molecule has 4 heteroatoms. The Morgan fingerprint density at radius 1 is 1.19 bits per heavy atom. The average Bonchev–Trinajstić information content (AvgIpc) is 2.31. The maximum Gasteiger partial charge on any atom is 0.191 e. The largest absolute Gasteiger partial charge is 0.488 e. The minimum absolute atomic E-state index is 0.331. The number of hydrogen-bond acceptors (Lipinski definition) is 4. The van der Waals surface area contributed by atoms with Crippen molar-refractivity contribution in [1.82, 2.24) is 0 Å². The van der Waals surface area contributed by atoms with Gasteiger partial charge in [0.1, 0.15) is 12.4 Å². The summed E-state index contributed by atoms with van der Waals surface area (Å²) in [5.74, 6) is 0.810. The lowest BCUT2D eigenvalue weighted by atomic mass is 10.3. The molecule has 0 N–H and O–H groups in total. The SMILES string of the molecule is COC(COc1cccc(N(C)C)c1)OC. The minimum Gasteiger partial charge on any atom is -0.488 e. The van der Waals surface area contributed by atoms with Crippen molar-refractivity contribution in [3.8, 4) is 5.75 Å². The number of anilines is 1. The second-order valence-corrected chi connectivity index (χ2v) is 3.60. The molecule has 0 atom stereocenters. The molecule has 0 saturated heterocycles. The first-order valence-electron chi connectivity index (χ1n) is 5.13. The van der Waals surface area contributed by atoms with Gasteiger partial charge in [-0.1, -0.05) is 6.07 Å². The highest BCUT2D eigenvalue weighted by Gasteiger charge is 2.06. The highest BCUT2D eigenvalue weighted by molar-refractivity contribution is 5.49. The highest BCUT2D eigenvalue weighted by atomic mass is 16.7. The van der Waals surface area contributed by atoms with Gasteiger partial charge in [-0.05, 0) is 12.1 Å². The number of benzene rings is 1. The topological polar surface area (TPSA) is 30.9 Å². The van der Waals surface area contributed by atoms with Crippen molar-refractivity contribution < 1.29 is 14.2 Å². The molecule has 0 heterocycles. The summed E-state index contributed by atoms with van der Waals surface area (Å²) in [6.45, 7) is 0.379. The molecule has 0 unspecified atom stereocenters. The van der Waals surface area contributed by atoms with Gasteiger partial charge in [-0.15, -0.1) is 0 Å². The maximum absolute atomic E-state index is 5.56. The third-order valence-corrected chi connectivity index (χ3v) is 2.25. The second kappa shape index (κ2) is 6.35. The maximum atomic E-state index is 5.56. The van der Waals surface area contributed by atoms with Crippen molar-refractivity contribution >= 4 is 5.69 Å². The molecule has 0 aromatic heterocycles. The van der Waals surface area contributed by atoms with E-state index in [1.54, 1.807) is 14.2 Å². The highest BCUT2D eigenvalue weighted by Crippen LogP contribution is 2.19. The smallest absolute Gasteiger partial charge is 0.191 e. The van der Waals surface area contributed by atoms with Gasteiger partial charge in [0, 0.05) is 40.1 Å². The van der Waals surface area contributed by atoms with Crippen LogP contribution in [-0.2, 0) is 9.47 Å². The quantitative estimate of drug-likeness (QED) is 0.690. The van der Waals surface area contributed by atoms with Crippen LogP contribution in [-0.4, -0.2) is 41.2 Å². The number of nitrogens with zero attached hydrogens (tertiary/aromatic N) is 1. The van der Waals surface area contributed by atoms with Gasteiger partial charge in [-0.2, -0.15) is 0 Å². The molecule has 16 heavy (non-hydrogen) atoms. The molecular formula is C12H19NO3. The predicted octanol–water partition coefficient (Wildman–Crippen LogP) is 1.75. The Morgan fingerprint density at radius 3 is 2.44 bits per heavy atom. The van der Waals surface area contributed by atoms with Crippen LogP contribution in [0.5, 0.6) is 5.75 Å². The summed E-state index contributed by atoms with van der Waals surface area (Å²) >= 11 is 0. The van der Waals surface area contributed by atoms with E-state index in [1.807, 2.05) is 43.3 Å². The van der Waals surface area contributed by atoms with Crippen LogP contribution < -0.4 is 9.64 Å². The van der Waals surface area contributed by atoms with Gasteiger partial charge in [0.15, 0.2) is 6.29 Å². The van der Waals surface area contributed by atoms with Crippen molar-refractivity contribution in [3.05, 3.63) is 24.3 Å². The Bertz CT molecular complexity index is 311. The van der Waals surface area contributed by atoms with E-state index in [0.717, 1.165) is 11.4 Å². The third kappa shape index (κ3) is 3.72. The number of methoxy groups -OCH3 is 2. The standard InChI is InChI=1S/C12H19NO3/c1-13(2)10-6-5-7-11(8-10)16-9-12(14-3)15-4/h5-8,12H,9H2,1-4H3. The fourth-order valence-electron chi connectivity index (χ4n) is 1.25. The van der Waals surface area contributed by atoms with Crippen LogP contribution in [0.2, 0.25) is 0 Å². The van der Waals surface area contributed by atoms with Crippen LogP contribution in [0.15, 0.2) is 24.3 Å². The average molecular weight is 225 g/mol. The normalized spacial score (nSPS) is 10.6. The monoisotopic (exact) mass is 225 g/mol. The van der Waals surface area contributed by atoms with Crippen LogP contribution in [0.1, 0.15) is 0 Å². The molecule has 90 valence electrons. The third-order valence-electron chi connectivity index (χ3n) is 2.25. The van der Waals surface area contributed by atoms with Gasteiger partial charge in [-0.3, -0.25) is 0 Å². The zero-order valence-electron chi connectivity index (χ0n) is 10.3. The van der Waals surface area contributed by atoms with Gasteiger partial charge in [-0.25, -0.2) is 0 Å². The van der Waals surface area contributed by atoms with Crippen LogP contribution in [0.4, 0.5) is 5.69 Å². The van der Waals surface area contributed by atoms with Gasteiger partial charge >= 0.3 is 0 Å². The van der Waals surface area contributed by atoms with Crippen LogP contribution in [0.3, 0.4) is 0 Å². The lowest BCUT2D eigenvalue weighted by Crippen LogP contribution is -2.22. The van der Waals surface area contributed by atoms with Crippen molar-refractivity contribution in [2.24, 2.45) is 0 Å². The van der Waals surface area contributed by atoms with E-state index in [1.165, 1.54) is 0 Å². The Balaban J connectivity index is 2.56. The molecule has 0 radical (unpaired) electrons. The Morgan fingerprint density at radius 2 is 1.88 bits per heavy atom. The van der Waals surface area contributed by atoms with E-state index in [4.69, 9.17) is 14.2 Å². The molecule has 0 saturated carbocycles. The molecule has 0 bridgehead atoms. The molecule has 0 spiro atoms. The van der Waals surface area contributed by atoms with E-state index in [-0.39, 0.29) is 6.29 Å². The van der Waals surface area contributed by atoms with Gasteiger partial charge in [0.25, 0.3) is 0 Å². The van der Waals surface area contributed by atoms with E-state index in [9.17, 15) is 0 Å². The van der Waals surface area contributed by atoms with E-state index in [2.05, 4.69) is 0 Å². The lowest BCUT2D eigenvalue weighted by Gasteiger charge is -2.16. The number of rotatable bonds is 6. The van der Waals surface area contributed by atoms with E-state index in [0.29, 0.717) is 6.61 Å². The van der Waals surface area contributed by atoms with Crippen LogP contribution >= 0.6 is 0 Å². The molecular weight excluding hydrogens is 206 g/mol. The molecule has 0 aliphatic rings. The summed E-state index contributed by atoms with van der Waals surface area (Å²) in [7, 11) is 7.17. The molecule has 4 nitrogen and oxygen atoms in total.